The molecule has 0 aliphatic carbocycles. The second-order valence-corrected chi connectivity index (χ2v) is 4.98. The monoisotopic (exact) mass is 305 g/mol. The number of imidazole rings is 1. The molecule has 0 amide bonds. The van der Waals surface area contributed by atoms with Gasteiger partial charge in [-0.2, -0.15) is 0 Å². The van der Waals surface area contributed by atoms with Crippen molar-refractivity contribution in [3.05, 3.63) is 59.3 Å². The Labute approximate surface area is 126 Å². The Morgan fingerprint density at radius 1 is 1.29 bits per heavy atom. The molecule has 4 nitrogen and oxygen atoms in total. The summed E-state index contributed by atoms with van der Waals surface area (Å²) < 4.78 is 20.3. The van der Waals surface area contributed by atoms with Crippen LogP contribution in [0.4, 0.5) is 10.1 Å². The van der Waals surface area contributed by atoms with Crippen LogP contribution in [-0.4, -0.2) is 16.5 Å². The molecule has 0 aliphatic heterocycles. The van der Waals surface area contributed by atoms with Gasteiger partial charge in [0.05, 0.1) is 24.4 Å². The summed E-state index contributed by atoms with van der Waals surface area (Å²) >= 11 is 5.93. The Kier molecular flexibility index (Phi) is 3.66. The van der Waals surface area contributed by atoms with E-state index >= 15 is 0 Å². The average Bonchev–Trinajstić information content (AvgIpc) is 2.87. The van der Waals surface area contributed by atoms with Gasteiger partial charge in [0.2, 0.25) is 0 Å². The molecule has 1 N–H and O–H groups in total. The van der Waals surface area contributed by atoms with Gasteiger partial charge < -0.3 is 14.5 Å². The first-order valence-corrected chi connectivity index (χ1v) is 6.74. The summed E-state index contributed by atoms with van der Waals surface area (Å²) in [5.74, 6) is -0.174. The fourth-order valence-electron chi connectivity index (χ4n) is 2.07. The fraction of sp³-hybridized carbons (Fsp3) is 0.133. The van der Waals surface area contributed by atoms with Gasteiger partial charge >= 0.3 is 0 Å². The number of hydrogen-bond acceptors (Lipinski definition) is 3. The van der Waals surface area contributed by atoms with Gasteiger partial charge in [-0.3, -0.25) is 0 Å². The maximum absolute atomic E-state index is 13.6. The van der Waals surface area contributed by atoms with Gasteiger partial charge in [0.1, 0.15) is 5.65 Å². The van der Waals surface area contributed by atoms with Crippen LogP contribution in [0, 0.1) is 5.82 Å². The van der Waals surface area contributed by atoms with Crippen LogP contribution in [0.15, 0.2) is 42.7 Å². The van der Waals surface area contributed by atoms with E-state index in [-0.39, 0.29) is 5.75 Å². The molecule has 0 atom stereocenters. The lowest BCUT2D eigenvalue weighted by atomic mass is 10.3. The van der Waals surface area contributed by atoms with E-state index in [2.05, 4.69) is 10.3 Å². The quantitative estimate of drug-likeness (QED) is 0.798. The Morgan fingerprint density at radius 2 is 2.14 bits per heavy atom. The molecular formula is C15H13ClFN3O. The molecule has 6 heteroatoms. The van der Waals surface area contributed by atoms with Crippen molar-refractivity contribution < 1.29 is 9.13 Å². The van der Waals surface area contributed by atoms with Crippen LogP contribution in [0.3, 0.4) is 0 Å². The second-order valence-electron chi connectivity index (χ2n) is 4.55. The highest BCUT2D eigenvalue weighted by molar-refractivity contribution is 6.30. The van der Waals surface area contributed by atoms with E-state index in [1.165, 1.54) is 13.2 Å². The third kappa shape index (κ3) is 2.92. The minimum absolute atomic E-state index is 0.225. The second kappa shape index (κ2) is 5.61. The molecule has 0 saturated heterocycles. The minimum atomic E-state index is -0.399. The van der Waals surface area contributed by atoms with Crippen LogP contribution in [0.25, 0.3) is 5.65 Å². The van der Waals surface area contributed by atoms with Gasteiger partial charge in [0.25, 0.3) is 0 Å². The number of ether oxygens (including phenoxy) is 1. The van der Waals surface area contributed by atoms with Gasteiger partial charge in [-0.05, 0) is 24.3 Å². The summed E-state index contributed by atoms with van der Waals surface area (Å²) in [4.78, 5) is 4.45. The first kappa shape index (κ1) is 13.7. The number of nitrogens with one attached hydrogen (secondary N) is 1. The van der Waals surface area contributed by atoms with Crippen LogP contribution in [0.1, 0.15) is 5.69 Å². The minimum Gasteiger partial charge on any atom is -0.494 e. The van der Waals surface area contributed by atoms with Crippen LogP contribution < -0.4 is 10.1 Å². The Bertz CT molecular complexity index is 788. The van der Waals surface area contributed by atoms with E-state index in [0.29, 0.717) is 17.3 Å². The highest BCUT2D eigenvalue weighted by Crippen LogP contribution is 2.21. The largest absolute Gasteiger partial charge is 0.494 e. The number of halogens is 2. The third-order valence-electron chi connectivity index (χ3n) is 3.09. The van der Waals surface area contributed by atoms with Gasteiger partial charge in [-0.15, -0.1) is 0 Å². The van der Waals surface area contributed by atoms with E-state index in [1.54, 1.807) is 24.4 Å². The molecule has 21 heavy (non-hydrogen) atoms. The molecule has 3 aromatic rings. The predicted octanol–water partition coefficient (Wildman–Crippen LogP) is 3.75. The zero-order valence-corrected chi connectivity index (χ0v) is 12.1. The summed E-state index contributed by atoms with van der Waals surface area (Å²) in [6.45, 7) is 0.491. The number of anilines is 1. The molecule has 0 bridgehead atoms. The van der Waals surface area contributed by atoms with E-state index in [0.717, 1.165) is 11.3 Å². The fourth-order valence-corrected chi connectivity index (χ4v) is 2.24. The van der Waals surface area contributed by atoms with Crippen molar-refractivity contribution >= 4 is 22.9 Å². The maximum Gasteiger partial charge on any atom is 0.167 e. The molecule has 0 unspecified atom stereocenters. The van der Waals surface area contributed by atoms with Gasteiger partial charge in [-0.1, -0.05) is 11.6 Å². The lowest BCUT2D eigenvalue weighted by molar-refractivity contribution is 0.386. The number of methoxy groups -OCH3 is 1. The van der Waals surface area contributed by atoms with Gasteiger partial charge in [0.15, 0.2) is 11.6 Å². The molecule has 2 heterocycles. The first-order chi connectivity index (χ1) is 10.2. The van der Waals surface area contributed by atoms with Crippen molar-refractivity contribution in [3.63, 3.8) is 0 Å². The highest BCUT2D eigenvalue weighted by atomic mass is 35.5. The topological polar surface area (TPSA) is 38.6 Å². The van der Waals surface area contributed by atoms with Crippen LogP contribution >= 0.6 is 11.6 Å². The average molecular weight is 306 g/mol. The van der Waals surface area contributed by atoms with Crippen molar-refractivity contribution in [2.24, 2.45) is 0 Å². The normalized spacial score (nSPS) is 10.8. The highest BCUT2D eigenvalue weighted by Gasteiger charge is 2.05. The third-order valence-corrected chi connectivity index (χ3v) is 3.31. The van der Waals surface area contributed by atoms with Gasteiger partial charge in [0, 0.05) is 24.1 Å². The number of rotatable bonds is 4. The molecule has 0 fully saturated rings. The predicted molar refractivity (Wildman–Crippen MR) is 80.5 cm³/mol. The van der Waals surface area contributed by atoms with E-state index < -0.39 is 5.82 Å². The van der Waals surface area contributed by atoms with Crippen LogP contribution in [-0.2, 0) is 6.54 Å². The molecule has 2 aromatic heterocycles. The zero-order valence-electron chi connectivity index (χ0n) is 11.3. The van der Waals surface area contributed by atoms with Crippen molar-refractivity contribution in [1.29, 1.82) is 0 Å². The summed E-state index contributed by atoms with van der Waals surface area (Å²) in [6.07, 6.45) is 3.68. The Balaban J connectivity index is 1.75. The zero-order chi connectivity index (χ0) is 14.8. The van der Waals surface area contributed by atoms with E-state index in [9.17, 15) is 4.39 Å². The van der Waals surface area contributed by atoms with Crippen LogP contribution in [0.5, 0.6) is 5.75 Å². The van der Waals surface area contributed by atoms with Crippen molar-refractivity contribution in [1.82, 2.24) is 9.38 Å². The number of aromatic nitrogens is 2. The maximum atomic E-state index is 13.6. The number of nitrogens with zero attached hydrogens (tertiary/aromatic N) is 2. The lowest BCUT2D eigenvalue weighted by Gasteiger charge is -2.06. The molecule has 0 aliphatic rings. The Morgan fingerprint density at radius 3 is 2.90 bits per heavy atom. The Hall–Kier alpha value is -2.27. The molecule has 3 rings (SSSR count). The smallest absolute Gasteiger partial charge is 0.167 e. The van der Waals surface area contributed by atoms with E-state index in [4.69, 9.17) is 16.3 Å². The molecule has 1 aromatic carbocycles. The molecule has 108 valence electrons. The molecule has 0 radical (unpaired) electrons. The van der Waals surface area contributed by atoms with Gasteiger partial charge in [-0.25, -0.2) is 9.37 Å². The summed E-state index contributed by atoms with van der Waals surface area (Å²) in [6, 6.07) is 8.38. The number of pyridine rings is 1. The summed E-state index contributed by atoms with van der Waals surface area (Å²) in [7, 11) is 1.44. The molecule has 0 saturated carbocycles. The van der Waals surface area contributed by atoms with Crippen molar-refractivity contribution in [2.45, 2.75) is 6.54 Å². The SMILES string of the molecule is COc1ccc(NCc2cn3cc(Cl)ccc3n2)cc1F. The molecular weight excluding hydrogens is 293 g/mol. The summed E-state index contributed by atoms with van der Waals surface area (Å²) in [5.41, 5.74) is 2.33. The standard InChI is InChI=1S/C15H13ClFN3O/c1-21-14-4-3-11(6-13(14)17)18-7-12-9-20-8-10(16)2-5-15(20)19-12/h2-6,8-9,18H,7H2,1H3. The van der Waals surface area contributed by atoms with Crippen LogP contribution in [0.2, 0.25) is 5.02 Å². The summed E-state index contributed by atoms with van der Waals surface area (Å²) in [5, 5.41) is 3.77. The number of benzene rings is 1. The van der Waals surface area contributed by atoms with Crippen molar-refractivity contribution in [3.8, 4) is 5.75 Å². The van der Waals surface area contributed by atoms with E-state index in [1.807, 2.05) is 16.7 Å². The first-order valence-electron chi connectivity index (χ1n) is 6.36. The number of hydrogen-bond donors (Lipinski definition) is 1. The number of fused-ring (bicyclic) bond motifs is 1. The lowest BCUT2D eigenvalue weighted by Crippen LogP contribution is -2.00. The van der Waals surface area contributed by atoms with Crippen molar-refractivity contribution in [2.75, 3.05) is 12.4 Å². The molecule has 0 spiro atoms.